The highest BCUT2D eigenvalue weighted by Crippen LogP contribution is 2.42. The molecule has 0 saturated heterocycles. The van der Waals surface area contributed by atoms with E-state index in [1.807, 2.05) is 60.7 Å². The Labute approximate surface area is 263 Å². The van der Waals surface area contributed by atoms with Gasteiger partial charge in [0.25, 0.3) is 0 Å². The Hall–Kier alpha value is -6.33. The maximum Gasteiger partial charge on any atom is 0.238 e. The van der Waals surface area contributed by atoms with Crippen LogP contribution in [-0.4, -0.2) is 19.5 Å². The van der Waals surface area contributed by atoms with Crippen molar-refractivity contribution in [2.24, 2.45) is 0 Å². The Morgan fingerprint density at radius 1 is 0.413 bits per heavy atom. The minimum Gasteiger partial charge on any atom is -0.456 e. The molecule has 0 N–H and O–H groups in total. The standard InChI is InChI=1S/C41H24N4O/c1-3-13-27(14-4-1)39-42-40(28-15-5-2-6-16-28)44-41(43-39)45-33-21-19-25-11-7-9-17-29(25)37(33)31-23-32-36(24-34(31)45)46-35-22-20-26-12-8-10-18-30(26)38(32)35/h1-24H. The fourth-order valence-electron chi connectivity index (χ4n) is 6.94. The molecule has 10 rings (SSSR count). The number of hydrogen-bond donors (Lipinski definition) is 0. The van der Waals surface area contributed by atoms with Crippen molar-refractivity contribution in [3.8, 4) is 28.7 Å². The average Bonchev–Trinajstić information content (AvgIpc) is 3.66. The molecule has 0 atom stereocenters. The minimum absolute atomic E-state index is 0.559. The van der Waals surface area contributed by atoms with Gasteiger partial charge in [0.05, 0.1) is 11.0 Å². The molecular weight excluding hydrogens is 564 g/mol. The summed E-state index contributed by atoms with van der Waals surface area (Å²) >= 11 is 0. The molecule has 7 aromatic carbocycles. The van der Waals surface area contributed by atoms with Gasteiger partial charge in [-0.25, -0.2) is 4.98 Å². The third-order valence-electron chi connectivity index (χ3n) is 9.02. The predicted molar refractivity (Wildman–Crippen MR) is 187 cm³/mol. The highest BCUT2D eigenvalue weighted by atomic mass is 16.3. The zero-order valence-electron chi connectivity index (χ0n) is 24.6. The van der Waals surface area contributed by atoms with Crippen LogP contribution in [0.5, 0.6) is 0 Å². The van der Waals surface area contributed by atoms with E-state index in [2.05, 4.69) is 89.5 Å². The van der Waals surface area contributed by atoms with Crippen LogP contribution in [0.15, 0.2) is 150 Å². The number of hydrogen-bond acceptors (Lipinski definition) is 4. The third-order valence-corrected chi connectivity index (χ3v) is 9.02. The van der Waals surface area contributed by atoms with Crippen molar-refractivity contribution in [2.75, 3.05) is 0 Å². The number of nitrogens with zero attached hydrogens (tertiary/aromatic N) is 4. The summed E-state index contributed by atoms with van der Waals surface area (Å²) in [5, 5.41) is 9.25. The summed E-state index contributed by atoms with van der Waals surface area (Å²) < 4.78 is 8.73. The molecule has 0 aliphatic carbocycles. The van der Waals surface area contributed by atoms with Crippen LogP contribution in [0, 0.1) is 0 Å². The van der Waals surface area contributed by atoms with Crippen molar-refractivity contribution in [3.05, 3.63) is 146 Å². The predicted octanol–water partition coefficient (Wildman–Crippen LogP) is 10.5. The van der Waals surface area contributed by atoms with Gasteiger partial charge in [-0.1, -0.05) is 121 Å². The summed E-state index contributed by atoms with van der Waals surface area (Å²) in [7, 11) is 0. The van der Waals surface area contributed by atoms with Crippen molar-refractivity contribution in [1.29, 1.82) is 0 Å². The SMILES string of the molecule is c1ccc(-c2nc(-c3ccccc3)nc(-n3c4cc5oc6ccc7ccccc7c6c5cc4c4c5ccccc5ccc43)n2)cc1. The van der Waals surface area contributed by atoms with E-state index in [9.17, 15) is 0 Å². The Bertz CT molecular complexity index is 2740. The number of furan rings is 1. The molecule has 0 fully saturated rings. The lowest BCUT2D eigenvalue weighted by Crippen LogP contribution is -2.06. The molecule has 0 amide bonds. The molecule has 5 nitrogen and oxygen atoms in total. The lowest BCUT2D eigenvalue weighted by atomic mass is 10.0. The van der Waals surface area contributed by atoms with Gasteiger partial charge in [-0.2, -0.15) is 9.97 Å². The van der Waals surface area contributed by atoms with Crippen molar-refractivity contribution in [2.45, 2.75) is 0 Å². The zero-order chi connectivity index (χ0) is 30.2. The molecule has 3 heterocycles. The second-order valence-electron chi connectivity index (χ2n) is 11.7. The van der Waals surface area contributed by atoms with Gasteiger partial charge in [-0.05, 0) is 39.7 Å². The van der Waals surface area contributed by atoms with Crippen LogP contribution in [0.1, 0.15) is 0 Å². The van der Waals surface area contributed by atoms with Gasteiger partial charge in [0.1, 0.15) is 11.2 Å². The average molecular weight is 589 g/mol. The van der Waals surface area contributed by atoms with Crippen LogP contribution in [0.4, 0.5) is 0 Å². The van der Waals surface area contributed by atoms with Gasteiger partial charge >= 0.3 is 0 Å². The van der Waals surface area contributed by atoms with Crippen LogP contribution in [0.3, 0.4) is 0 Å². The van der Waals surface area contributed by atoms with Gasteiger partial charge < -0.3 is 4.42 Å². The number of benzene rings is 7. The van der Waals surface area contributed by atoms with Crippen molar-refractivity contribution < 1.29 is 4.42 Å². The van der Waals surface area contributed by atoms with E-state index < -0.39 is 0 Å². The van der Waals surface area contributed by atoms with Crippen LogP contribution >= 0.6 is 0 Å². The van der Waals surface area contributed by atoms with Crippen LogP contribution < -0.4 is 0 Å². The van der Waals surface area contributed by atoms with E-state index in [0.29, 0.717) is 17.6 Å². The Morgan fingerprint density at radius 2 is 1.00 bits per heavy atom. The largest absolute Gasteiger partial charge is 0.456 e. The summed E-state index contributed by atoms with van der Waals surface area (Å²) in [6, 6.07) is 50.3. The van der Waals surface area contributed by atoms with E-state index in [1.54, 1.807) is 0 Å². The molecule has 0 unspecified atom stereocenters. The Morgan fingerprint density at radius 3 is 1.67 bits per heavy atom. The van der Waals surface area contributed by atoms with Gasteiger partial charge in [-0.15, -0.1) is 0 Å². The first-order chi connectivity index (χ1) is 22.8. The molecule has 0 saturated carbocycles. The second kappa shape index (κ2) is 9.58. The number of rotatable bonds is 3. The van der Waals surface area contributed by atoms with Gasteiger partial charge in [0.15, 0.2) is 11.6 Å². The topological polar surface area (TPSA) is 56.7 Å². The van der Waals surface area contributed by atoms with Crippen molar-refractivity contribution in [1.82, 2.24) is 19.5 Å². The first-order valence-corrected chi connectivity index (χ1v) is 15.4. The molecule has 0 radical (unpaired) electrons. The van der Waals surface area contributed by atoms with Crippen molar-refractivity contribution >= 4 is 65.3 Å². The monoisotopic (exact) mass is 588 g/mol. The zero-order valence-corrected chi connectivity index (χ0v) is 24.6. The molecular formula is C41H24N4O. The second-order valence-corrected chi connectivity index (χ2v) is 11.7. The lowest BCUT2D eigenvalue weighted by molar-refractivity contribution is 0.669. The van der Waals surface area contributed by atoms with E-state index in [1.165, 1.54) is 21.5 Å². The van der Waals surface area contributed by atoms with Gasteiger partial charge in [0, 0.05) is 38.7 Å². The molecule has 214 valence electrons. The third kappa shape index (κ3) is 3.66. The Balaban J connectivity index is 1.37. The van der Waals surface area contributed by atoms with Gasteiger partial charge in [-0.3, -0.25) is 4.57 Å². The first kappa shape index (κ1) is 25.0. The summed E-state index contributed by atoms with van der Waals surface area (Å²) in [6.45, 7) is 0. The van der Waals surface area contributed by atoms with Gasteiger partial charge in [0.2, 0.25) is 5.95 Å². The smallest absolute Gasteiger partial charge is 0.238 e. The highest BCUT2D eigenvalue weighted by molar-refractivity contribution is 6.26. The summed E-state index contributed by atoms with van der Waals surface area (Å²) in [5.41, 5.74) is 5.57. The fraction of sp³-hybridized carbons (Fsp3) is 0. The quantitative estimate of drug-likeness (QED) is 0.206. The first-order valence-electron chi connectivity index (χ1n) is 15.4. The minimum atomic E-state index is 0.559. The van der Waals surface area contributed by atoms with Crippen LogP contribution in [0.2, 0.25) is 0 Å². The normalized spacial score (nSPS) is 11.9. The fourth-order valence-corrected chi connectivity index (χ4v) is 6.94. The van der Waals surface area contributed by atoms with Crippen molar-refractivity contribution in [3.63, 3.8) is 0 Å². The van der Waals surface area contributed by atoms with E-state index >= 15 is 0 Å². The number of fused-ring (bicyclic) bond motifs is 10. The van der Waals surface area contributed by atoms with E-state index in [-0.39, 0.29) is 0 Å². The maximum atomic E-state index is 6.56. The summed E-state index contributed by atoms with van der Waals surface area (Å²) in [4.78, 5) is 15.2. The molecule has 46 heavy (non-hydrogen) atoms. The molecule has 0 aliphatic rings. The van der Waals surface area contributed by atoms with E-state index in [4.69, 9.17) is 19.4 Å². The summed E-state index contributed by atoms with van der Waals surface area (Å²) in [5.74, 6) is 1.80. The molecule has 3 aromatic heterocycles. The molecule has 5 heteroatoms. The van der Waals surface area contributed by atoms with Crippen LogP contribution in [0.25, 0.3) is 94.0 Å². The molecule has 0 spiro atoms. The lowest BCUT2D eigenvalue weighted by Gasteiger charge is -2.11. The van der Waals surface area contributed by atoms with E-state index in [0.717, 1.165) is 54.9 Å². The maximum absolute atomic E-state index is 6.56. The summed E-state index contributed by atoms with van der Waals surface area (Å²) in [6.07, 6.45) is 0. The number of aromatic nitrogens is 4. The Kier molecular flexibility index (Phi) is 5.22. The van der Waals surface area contributed by atoms with Crippen LogP contribution in [-0.2, 0) is 0 Å². The highest BCUT2D eigenvalue weighted by Gasteiger charge is 2.21. The molecule has 0 bridgehead atoms. The molecule has 10 aromatic rings. The molecule has 0 aliphatic heterocycles.